The third-order valence-corrected chi connectivity index (χ3v) is 3.92. The summed E-state index contributed by atoms with van der Waals surface area (Å²) < 4.78 is 23.9. The van der Waals surface area contributed by atoms with E-state index in [1.165, 1.54) is 12.1 Å². The van der Waals surface area contributed by atoms with Crippen molar-refractivity contribution >= 4 is 0 Å². The van der Waals surface area contributed by atoms with Gasteiger partial charge in [0, 0.05) is 26.7 Å². The van der Waals surface area contributed by atoms with Gasteiger partial charge in [-0.3, -0.25) is 4.90 Å². The Hall–Kier alpha value is -1.95. The van der Waals surface area contributed by atoms with Crippen molar-refractivity contribution in [3.63, 3.8) is 0 Å². The van der Waals surface area contributed by atoms with Crippen molar-refractivity contribution in [1.29, 1.82) is 0 Å². The summed E-state index contributed by atoms with van der Waals surface area (Å²) in [7, 11) is 1.65. The van der Waals surface area contributed by atoms with Gasteiger partial charge in [0.1, 0.15) is 24.3 Å². The molecule has 2 rings (SSSR count). The van der Waals surface area contributed by atoms with Gasteiger partial charge in [-0.1, -0.05) is 30.3 Å². The van der Waals surface area contributed by atoms with E-state index in [2.05, 4.69) is 4.90 Å². The smallest absolute Gasteiger partial charge is 0.123 e. The lowest BCUT2D eigenvalue weighted by atomic mass is 10.2. The average molecular weight is 347 g/mol. The second-order valence-corrected chi connectivity index (χ2v) is 6.08. The lowest BCUT2D eigenvalue weighted by molar-refractivity contribution is 0.0540. The van der Waals surface area contributed by atoms with Crippen molar-refractivity contribution in [3.8, 4) is 5.75 Å². The molecule has 1 atom stereocenters. The molecule has 4 nitrogen and oxygen atoms in total. The first-order valence-corrected chi connectivity index (χ1v) is 8.40. The summed E-state index contributed by atoms with van der Waals surface area (Å²) in [5.41, 5.74) is 2.03. The predicted molar refractivity (Wildman–Crippen MR) is 96.2 cm³/mol. The number of halogens is 1. The number of aryl methyl sites for hydroxylation is 1. The maximum absolute atomic E-state index is 13.0. The maximum atomic E-state index is 13.0. The fraction of sp³-hybridized carbons (Fsp3) is 0.400. The van der Waals surface area contributed by atoms with E-state index >= 15 is 0 Å². The van der Waals surface area contributed by atoms with Gasteiger partial charge in [-0.15, -0.1) is 0 Å². The van der Waals surface area contributed by atoms with Crippen LogP contribution in [0.2, 0.25) is 0 Å². The summed E-state index contributed by atoms with van der Waals surface area (Å²) in [5, 5.41) is 10.3. The molecule has 0 aliphatic heterocycles. The zero-order chi connectivity index (χ0) is 18.1. The van der Waals surface area contributed by atoms with Gasteiger partial charge in [0.25, 0.3) is 0 Å². The van der Waals surface area contributed by atoms with Crippen LogP contribution in [0.3, 0.4) is 0 Å². The summed E-state index contributed by atoms with van der Waals surface area (Å²) in [5.74, 6) is 0.530. The van der Waals surface area contributed by atoms with Crippen LogP contribution in [0, 0.1) is 12.7 Å². The molecule has 25 heavy (non-hydrogen) atoms. The maximum Gasteiger partial charge on any atom is 0.123 e. The van der Waals surface area contributed by atoms with Gasteiger partial charge in [-0.2, -0.15) is 0 Å². The van der Waals surface area contributed by atoms with Crippen LogP contribution in [0.15, 0.2) is 48.5 Å². The lowest BCUT2D eigenvalue weighted by Gasteiger charge is -2.25. The van der Waals surface area contributed by atoms with Crippen molar-refractivity contribution in [3.05, 3.63) is 65.5 Å². The highest BCUT2D eigenvalue weighted by Gasteiger charge is 2.14. The standard InChI is InChI=1S/C20H26FNO3/c1-16-5-3-4-6-20(16)25-15-19(23)14-22(11-12-24-2)13-17-7-9-18(21)10-8-17/h3-10,19,23H,11-15H2,1-2H3/t19-/m0/s1. The summed E-state index contributed by atoms with van der Waals surface area (Å²) in [6.45, 7) is 4.50. The molecule has 0 aliphatic carbocycles. The Bertz CT molecular complexity index is 633. The Balaban J connectivity index is 1.88. The SMILES string of the molecule is COCCN(Cc1ccc(F)cc1)C[C@H](O)COc1ccccc1C. The first-order valence-electron chi connectivity index (χ1n) is 8.40. The van der Waals surface area contributed by atoms with E-state index in [4.69, 9.17) is 9.47 Å². The van der Waals surface area contributed by atoms with Crippen molar-refractivity contribution < 1.29 is 19.0 Å². The number of hydrogen-bond donors (Lipinski definition) is 1. The number of para-hydroxylation sites is 1. The number of rotatable bonds is 10. The van der Waals surface area contributed by atoms with Gasteiger partial charge in [0.05, 0.1) is 6.61 Å². The highest BCUT2D eigenvalue weighted by atomic mass is 19.1. The minimum Gasteiger partial charge on any atom is -0.491 e. The molecule has 0 saturated heterocycles. The summed E-state index contributed by atoms with van der Waals surface area (Å²) in [6, 6.07) is 14.1. The van der Waals surface area contributed by atoms with Gasteiger partial charge < -0.3 is 14.6 Å². The van der Waals surface area contributed by atoms with E-state index in [9.17, 15) is 9.50 Å². The largest absolute Gasteiger partial charge is 0.491 e. The highest BCUT2D eigenvalue weighted by Crippen LogP contribution is 2.16. The fourth-order valence-corrected chi connectivity index (χ4v) is 2.56. The highest BCUT2D eigenvalue weighted by molar-refractivity contribution is 5.31. The second kappa shape index (κ2) is 10.1. The molecule has 0 aromatic heterocycles. The van der Waals surface area contributed by atoms with Crippen LogP contribution in [0.25, 0.3) is 0 Å². The first-order chi connectivity index (χ1) is 12.1. The summed E-state index contributed by atoms with van der Waals surface area (Å²) in [4.78, 5) is 2.07. The molecule has 0 aliphatic rings. The number of aliphatic hydroxyl groups is 1. The van der Waals surface area contributed by atoms with Crippen molar-refractivity contribution in [2.75, 3.05) is 33.4 Å². The van der Waals surface area contributed by atoms with Gasteiger partial charge in [-0.05, 0) is 36.2 Å². The first kappa shape index (κ1) is 19.4. The lowest BCUT2D eigenvalue weighted by Crippen LogP contribution is -2.37. The molecule has 2 aromatic rings. The van der Waals surface area contributed by atoms with E-state index in [1.54, 1.807) is 19.2 Å². The van der Waals surface area contributed by atoms with Crippen LogP contribution < -0.4 is 4.74 Å². The van der Waals surface area contributed by atoms with Crippen LogP contribution in [0.1, 0.15) is 11.1 Å². The van der Waals surface area contributed by atoms with E-state index < -0.39 is 6.10 Å². The van der Waals surface area contributed by atoms with Crippen LogP contribution in [0.4, 0.5) is 4.39 Å². The summed E-state index contributed by atoms with van der Waals surface area (Å²) in [6.07, 6.45) is -0.628. The summed E-state index contributed by atoms with van der Waals surface area (Å²) >= 11 is 0. The molecule has 0 spiro atoms. The molecule has 2 aromatic carbocycles. The number of nitrogens with zero attached hydrogens (tertiary/aromatic N) is 1. The van der Waals surface area contributed by atoms with Gasteiger partial charge in [0.15, 0.2) is 0 Å². The van der Waals surface area contributed by atoms with Gasteiger partial charge in [0.2, 0.25) is 0 Å². The van der Waals surface area contributed by atoms with Crippen molar-refractivity contribution in [1.82, 2.24) is 4.90 Å². The van der Waals surface area contributed by atoms with Crippen LogP contribution in [-0.2, 0) is 11.3 Å². The minimum absolute atomic E-state index is 0.220. The molecule has 0 fully saturated rings. The normalized spacial score (nSPS) is 12.4. The zero-order valence-electron chi connectivity index (χ0n) is 14.8. The van der Waals surface area contributed by atoms with E-state index in [0.717, 1.165) is 16.9 Å². The number of aliphatic hydroxyl groups excluding tert-OH is 1. The number of hydrogen-bond acceptors (Lipinski definition) is 4. The second-order valence-electron chi connectivity index (χ2n) is 6.08. The van der Waals surface area contributed by atoms with E-state index in [-0.39, 0.29) is 12.4 Å². The number of benzene rings is 2. The molecule has 0 amide bonds. The molecular weight excluding hydrogens is 321 g/mol. The molecule has 0 bridgehead atoms. The molecule has 1 N–H and O–H groups in total. The Kier molecular flexibility index (Phi) is 7.85. The zero-order valence-corrected chi connectivity index (χ0v) is 14.8. The Morgan fingerprint density at radius 2 is 1.84 bits per heavy atom. The molecule has 0 unspecified atom stereocenters. The molecule has 0 radical (unpaired) electrons. The van der Waals surface area contributed by atoms with E-state index in [1.807, 2.05) is 31.2 Å². The number of methoxy groups -OCH3 is 1. The molecule has 0 heterocycles. The Labute approximate surface area is 148 Å². The third-order valence-electron chi connectivity index (χ3n) is 3.92. The number of ether oxygens (including phenoxy) is 2. The third kappa shape index (κ3) is 6.82. The van der Waals surface area contributed by atoms with Crippen LogP contribution >= 0.6 is 0 Å². The molecule has 136 valence electrons. The molecule has 0 saturated carbocycles. The minimum atomic E-state index is -0.628. The van der Waals surface area contributed by atoms with Crippen molar-refractivity contribution in [2.24, 2.45) is 0 Å². The average Bonchev–Trinajstić information content (AvgIpc) is 2.61. The Morgan fingerprint density at radius 3 is 2.52 bits per heavy atom. The quantitative estimate of drug-likeness (QED) is 0.717. The molecular formula is C20H26FNO3. The van der Waals surface area contributed by atoms with Gasteiger partial charge >= 0.3 is 0 Å². The fourth-order valence-electron chi connectivity index (χ4n) is 2.56. The Morgan fingerprint density at radius 1 is 1.12 bits per heavy atom. The van der Waals surface area contributed by atoms with Crippen molar-refractivity contribution in [2.45, 2.75) is 19.6 Å². The van der Waals surface area contributed by atoms with Crippen LogP contribution in [-0.4, -0.2) is 49.5 Å². The topological polar surface area (TPSA) is 41.9 Å². The predicted octanol–water partition coefficient (Wildman–Crippen LogP) is 3.02. The van der Waals surface area contributed by atoms with E-state index in [0.29, 0.717) is 26.2 Å². The van der Waals surface area contributed by atoms with Crippen LogP contribution in [0.5, 0.6) is 5.75 Å². The monoisotopic (exact) mass is 347 g/mol. The van der Waals surface area contributed by atoms with Gasteiger partial charge in [-0.25, -0.2) is 4.39 Å². The molecule has 5 heteroatoms.